The number of carbonyl (C=O) groups is 2. The Labute approximate surface area is 255 Å². The van der Waals surface area contributed by atoms with Gasteiger partial charge >= 0.3 is 12.2 Å². The fourth-order valence-corrected chi connectivity index (χ4v) is 8.16. The van der Waals surface area contributed by atoms with E-state index < -0.39 is 61.7 Å². The Hall–Kier alpha value is -3.52. The Bertz CT molecular complexity index is 1350. The van der Waals surface area contributed by atoms with Gasteiger partial charge in [-0.05, 0) is 89.1 Å². The summed E-state index contributed by atoms with van der Waals surface area (Å²) in [5.74, 6) is -1.35. The molecule has 2 aromatic rings. The summed E-state index contributed by atoms with van der Waals surface area (Å²) in [6, 6.07) is 11.1. The van der Waals surface area contributed by atoms with Gasteiger partial charge in [0.05, 0.1) is 11.5 Å². The molecule has 2 amide bonds. The Morgan fingerprint density at radius 3 is 1.30 bits per heavy atom. The molecule has 240 valence electrons. The molecule has 14 heteroatoms. The molecule has 12 nitrogen and oxygen atoms in total. The molecule has 2 aromatic carbocycles. The highest BCUT2D eigenvalue weighted by molar-refractivity contribution is 8.08. The number of rotatable bonds is 16. The molecule has 2 rings (SSSR count). The third kappa shape index (κ3) is 11.6. The lowest BCUT2D eigenvalue weighted by atomic mass is 10.1. The van der Waals surface area contributed by atoms with Gasteiger partial charge in [0, 0.05) is 48.9 Å². The Morgan fingerprint density at radius 2 is 1.00 bits per heavy atom. The smallest absolute Gasteiger partial charge is 0.411 e. The van der Waals surface area contributed by atoms with Crippen molar-refractivity contribution in [3.63, 3.8) is 0 Å². The molecule has 43 heavy (non-hydrogen) atoms. The van der Waals surface area contributed by atoms with Gasteiger partial charge in [-0.2, -0.15) is 0 Å². The van der Waals surface area contributed by atoms with E-state index in [4.69, 9.17) is 9.47 Å². The van der Waals surface area contributed by atoms with E-state index in [0.29, 0.717) is 11.4 Å². The maximum Gasteiger partial charge on any atom is 0.411 e. The van der Waals surface area contributed by atoms with Gasteiger partial charge in [0.1, 0.15) is 13.2 Å². The molecule has 0 unspecified atom stereocenters. The minimum Gasteiger partial charge on any atom is -0.448 e. The zero-order valence-corrected chi connectivity index (χ0v) is 27.4. The minimum atomic E-state index is -4.12. The van der Waals surface area contributed by atoms with Crippen LogP contribution in [-0.2, 0) is 29.1 Å². The van der Waals surface area contributed by atoms with Crippen molar-refractivity contribution in [2.24, 2.45) is 0 Å². The number of benzene rings is 2. The number of hydrogen-bond donors (Lipinski definition) is 2. The highest BCUT2D eigenvalue weighted by Crippen LogP contribution is 2.24. The summed E-state index contributed by atoms with van der Waals surface area (Å²) in [4.78, 5) is 28.7. The lowest BCUT2D eigenvalue weighted by molar-refractivity contribution is 0.167. The third-order valence-electron chi connectivity index (χ3n) is 6.76. The molecule has 0 aromatic heterocycles. The van der Waals surface area contributed by atoms with Crippen LogP contribution in [0.3, 0.4) is 0 Å². The van der Waals surface area contributed by atoms with Crippen LogP contribution in [0.5, 0.6) is 0 Å². The number of nitrogens with one attached hydrogen (secondary N) is 2. The highest BCUT2D eigenvalue weighted by atomic mass is 32.3. The van der Waals surface area contributed by atoms with Crippen LogP contribution in [-0.4, -0.2) is 85.0 Å². The monoisotopic (exact) mass is 640 g/mol. The summed E-state index contributed by atoms with van der Waals surface area (Å²) in [5.41, 5.74) is 4.66. The van der Waals surface area contributed by atoms with E-state index in [1.54, 1.807) is 12.1 Å². The van der Waals surface area contributed by atoms with Crippen LogP contribution in [0.1, 0.15) is 38.8 Å². The first kappa shape index (κ1) is 35.7. The fraction of sp³-hybridized carbons (Fsp3) is 0.517. The average Bonchev–Trinajstić information content (AvgIpc) is 2.92. The van der Waals surface area contributed by atoms with Crippen molar-refractivity contribution in [2.45, 2.75) is 41.5 Å². The summed E-state index contributed by atoms with van der Waals surface area (Å²) in [6.07, 6.45) is -1.71. The Morgan fingerprint density at radius 1 is 0.651 bits per heavy atom. The molecule has 0 atom stereocenters. The van der Waals surface area contributed by atoms with Crippen LogP contribution in [0, 0.1) is 13.8 Å². The van der Waals surface area contributed by atoms with Crippen molar-refractivity contribution >= 4 is 54.6 Å². The molecule has 0 saturated heterocycles. The fourth-order valence-electron chi connectivity index (χ4n) is 4.35. The number of sulfone groups is 2. The second kappa shape index (κ2) is 16.4. The normalized spacial score (nSPS) is 11.5. The van der Waals surface area contributed by atoms with Crippen LogP contribution < -0.4 is 20.4 Å². The van der Waals surface area contributed by atoms with Crippen LogP contribution in [0.25, 0.3) is 0 Å². The molecule has 0 spiro atoms. The lowest BCUT2D eigenvalue weighted by Gasteiger charge is -2.22. The first-order valence-corrected chi connectivity index (χ1v) is 17.9. The molecule has 0 bridgehead atoms. The van der Waals surface area contributed by atoms with Crippen LogP contribution >= 0.6 is 0 Å². The van der Waals surface area contributed by atoms with E-state index in [1.165, 1.54) is 0 Å². The molecule has 2 N–H and O–H groups in total. The molecule has 0 heterocycles. The zero-order chi connectivity index (χ0) is 32.2. The second-order valence-electron chi connectivity index (χ2n) is 9.88. The van der Waals surface area contributed by atoms with Crippen molar-refractivity contribution < 1.29 is 35.9 Å². The van der Waals surface area contributed by atoms with Crippen molar-refractivity contribution in [1.29, 1.82) is 0 Å². The summed E-state index contributed by atoms with van der Waals surface area (Å²) >= 11 is 0. The maximum absolute atomic E-state index is 12.4. The van der Waals surface area contributed by atoms with Gasteiger partial charge in [0.2, 0.25) is 0 Å². The van der Waals surface area contributed by atoms with Gasteiger partial charge in [0.25, 0.3) is 0 Å². The molecule has 0 radical (unpaired) electrons. The number of nitrogens with zero attached hydrogens (tertiary/aromatic N) is 2. The first-order valence-electron chi connectivity index (χ1n) is 14.2. The van der Waals surface area contributed by atoms with Crippen molar-refractivity contribution in [3.05, 3.63) is 47.5 Å². The second-order valence-corrected chi connectivity index (χ2v) is 14.6. The van der Waals surface area contributed by atoms with Gasteiger partial charge in [-0.3, -0.25) is 10.6 Å². The number of carbonyl (C=O) groups excluding carboxylic acids is 2. The number of ether oxygens (including phenoxy) is 2. The van der Waals surface area contributed by atoms with Crippen molar-refractivity contribution in [2.75, 3.05) is 76.4 Å². The van der Waals surface area contributed by atoms with E-state index >= 15 is 0 Å². The quantitative estimate of drug-likeness (QED) is 0.267. The number of anilines is 4. The number of aryl methyl sites for hydroxylation is 2. The van der Waals surface area contributed by atoms with Gasteiger partial charge in [0.15, 0.2) is 24.8 Å². The van der Waals surface area contributed by atoms with Crippen molar-refractivity contribution in [3.8, 4) is 0 Å². The molecular weight excluding hydrogens is 596 g/mol. The molecule has 0 aliphatic heterocycles. The minimum absolute atomic E-state index is 0.516. The van der Waals surface area contributed by atoms with E-state index in [-0.39, 0.29) is 0 Å². The predicted octanol–water partition coefficient (Wildman–Crippen LogP) is 4.58. The third-order valence-corrected chi connectivity index (χ3v) is 11.2. The first-order chi connectivity index (χ1) is 20.2. The molecule has 0 aliphatic rings. The maximum atomic E-state index is 12.4. The number of hydrogen-bond acceptors (Lipinski definition) is 10. The van der Waals surface area contributed by atoms with E-state index in [9.17, 15) is 26.4 Å². The van der Waals surface area contributed by atoms with Crippen molar-refractivity contribution in [1.82, 2.24) is 0 Å². The summed E-state index contributed by atoms with van der Waals surface area (Å²) in [5, 5.41) is 3.98. The molecule has 0 saturated carbocycles. The molecule has 0 fully saturated rings. The Kier molecular flexibility index (Phi) is 13.6. The van der Waals surface area contributed by atoms with Gasteiger partial charge < -0.3 is 19.3 Å². The van der Waals surface area contributed by atoms with Gasteiger partial charge in [-0.15, -0.1) is 0 Å². The lowest BCUT2D eigenvalue weighted by Crippen LogP contribution is -2.27. The van der Waals surface area contributed by atoms with E-state index in [1.807, 2.05) is 65.8 Å². The van der Waals surface area contributed by atoms with Gasteiger partial charge in [-0.25, -0.2) is 26.4 Å². The molecule has 0 aliphatic carbocycles. The number of amides is 2. The summed E-state index contributed by atoms with van der Waals surface area (Å²) in [7, 11) is -8.23. The SMILES string of the molecule is CCN(CC)c1ccc(NC(=O)OCCS(=O)(=O)CS(=O)(=O)CCOC(=O)Nc2ccc(N(CC)CC)cc2C)c(C)c1. The Balaban J connectivity index is 1.79. The van der Waals surface area contributed by atoms with E-state index in [2.05, 4.69) is 20.4 Å². The van der Waals surface area contributed by atoms with E-state index in [0.717, 1.165) is 48.7 Å². The molecular formula is C29H44N4O8S2. The average molecular weight is 641 g/mol. The summed E-state index contributed by atoms with van der Waals surface area (Å²) < 4.78 is 59.4. The van der Waals surface area contributed by atoms with Crippen LogP contribution in [0.15, 0.2) is 36.4 Å². The van der Waals surface area contributed by atoms with Gasteiger partial charge in [-0.1, -0.05) is 0 Å². The summed E-state index contributed by atoms with van der Waals surface area (Å²) in [6.45, 7) is 14.1. The zero-order valence-electron chi connectivity index (χ0n) is 25.8. The van der Waals surface area contributed by atoms with Crippen LogP contribution in [0.4, 0.5) is 32.3 Å². The standard InChI is InChI=1S/C29H44N4O8S2/c1-7-32(8-2)24-11-13-26(22(5)19-24)30-28(34)40-15-17-42(36,37)21-43(38,39)18-16-41-29(35)31-27-14-12-25(20-23(27)6)33(9-3)10-4/h11-14,19-20H,7-10,15-18,21H2,1-6H3,(H,30,34)(H,31,35). The highest BCUT2D eigenvalue weighted by Gasteiger charge is 2.23. The topological polar surface area (TPSA) is 151 Å². The largest absolute Gasteiger partial charge is 0.448 e. The predicted molar refractivity (Wildman–Crippen MR) is 172 cm³/mol. The van der Waals surface area contributed by atoms with Crippen LogP contribution in [0.2, 0.25) is 0 Å².